The van der Waals surface area contributed by atoms with E-state index in [0.29, 0.717) is 5.38 Å². The largest absolute Gasteiger partial charge is 0.337 e. The van der Waals surface area contributed by atoms with Crippen LogP contribution in [0.2, 0.25) is 0 Å². The first kappa shape index (κ1) is 7.36. The van der Waals surface area contributed by atoms with Crippen LogP contribution in [-0.4, -0.2) is 25.5 Å². The van der Waals surface area contributed by atoms with Gasteiger partial charge in [0.15, 0.2) is 0 Å². The molecular formula is C7H15ClN+. The number of likely N-dealkylation sites (tertiary alicyclic amines) is 1. The molecule has 1 fully saturated rings. The Bertz CT molecular complexity index is 75.0. The molecule has 9 heavy (non-hydrogen) atoms. The molecule has 0 aliphatic carbocycles. The Morgan fingerprint density at radius 2 is 2.11 bits per heavy atom. The first-order chi connectivity index (χ1) is 4.29. The number of hydrogen-bond donors (Lipinski definition) is 1. The van der Waals surface area contributed by atoms with Crippen LogP contribution in [0.3, 0.4) is 0 Å². The number of nitrogens with one attached hydrogen (secondary N) is 1. The van der Waals surface area contributed by atoms with E-state index in [1.165, 1.54) is 32.4 Å². The Morgan fingerprint density at radius 3 is 2.89 bits per heavy atom. The summed E-state index contributed by atoms with van der Waals surface area (Å²) in [4.78, 5) is 1.64. The number of rotatable bonds is 0. The van der Waals surface area contributed by atoms with Gasteiger partial charge in [-0.05, 0) is 12.8 Å². The van der Waals surface area contributed by atoms with E-state index in [1.807, 2.05) is 0 Å². The minimum absolute atomic E-state index is 0.461. The predicted molar refractivity (Wildman–Crippen MR) is 40.1 cm³/mol. The maximum absolute atomic E-state index is 5.97. The van der Waals surface area contributed by atoms with Crippen molar-refractivity contribution >= 4 is 11.6 Å². The van der Waals surface area contributed by atoms with Crippen molar-refractivity contribution < 1.29 is 4.90 Å². The number of hydrogen-bond acceptors (Lipinski definition) is 0. The zero-order chi connectivity index (χ0) is 6.69. The fourth-order valence-corrected chi connectivity index (χ4v) is 1.56. The minimum Gasteiger partial charge on any atom is -0.337 e. The Balaban J connectivity index is 2.25. The summed E-state index contributed by atoms with van der Waals surface area (Å²) in [5.74, 6) is 0. The molecule has 2 atom stereocenters. The third-order valence-electron chi connectivity index (χ3n) is 2.01. The van der Waals surface area contributed by atoms with Gasteiger partial charge in [-0.25, -0.2) is 0 Å². The summed E-state index contributed by atoms with van der Waals surface area (Å²) >= 11 is 5.97. The van der Waals surface area contributed by atoms with Crippen molar-refractivity contribution in [3.63, 3.8) is 0 Å². The molecule has 0 aromatic rings. The van der Waals surface area contributed by atoms with Crippen LogP contribution in [0.1, 0.15) is 19.3 Å². The first-order valence-electron chi connectivity index (χ1n) is 3.74. The highest BCUT2D eigenvalue weighted by molar-refractivity contribution is 6.20. The molecule has 1 aliphatic heterocycles. The Hall–Kier alpha value is 0.250. The van der Waals surface area contributed by atoms with Crippen molar-refractivity contribution in [3.8, 4) is 0 Å². The minimum atomic E-state index is 0.461. The Kier molecular flexibility index (Phi) is 2.80. The van der Waals surface area contributed by atoms with Gasteiger partial charge >= 0.3 is 0 Å². The highest BCUT2D eigenvalue weighted by Gasteiger charge is 2.13. The topological polar surface area (TPSA) is 4.44 Å². The highest BCUT2D eigenvalue weighted by Crippen LogP contribution is 2.09. The molecule has 54 valence electrons. The van der Waals surface area contributed by atoms with E-state index in [2.05, 4.69) is 7.05 Å². The van der Waals surface area contributed by atoms with Crippen molar-refractivity contribution in [2.45, 2.75) is 24.6 Å². The fourth-order valence-electron chi connectivity index (χ4n) is 1.30. The molecule has 2 heteroatoms. The van der Waals surface area contributed by atoms with Crippen molar-refractivity contribution in [2.75, 3.05) is 20.1 Å². The molecule has 0 saturated carbocycles. The predicted octanol–water partition coefficient (Wildman–Crippen LogP) is 0.292. The standard InChI is InChI=1S/C7H14ClN/c1-9-5-2-3-7(8)4-6-9/h7H,2-6H2,1H3/p+1/t7-/m0/s1. The summed E-state index contributed by atoms with van der Waals surface area (Å²) in [6, 6.07) is 0. The maximum Gasteiger partial charge on any atom is 0.0783 e. The van der Waals surface area contributed by atoms with Gasteiger partial charge in [-0.1, -0.05) is 0 Å². The lowest BCUT2D eigenvalue weighted by atomic mass is 10.2. The van der Waals surface area contributed by atoms with E-state index in [1.54, 1.807) is 4.90 Å². The van der Waals surface area contributed by atoms with Gasteiger partial charge in [0.25, 0.3) is 0 Å². The van der Waals surface area contributed by atoms with Gasteiger partial charge in [0, 0.05) is 11.8 Å². The van der Waals surface area contributed by atoms with Crippen LogP contribution >= 0.6 is 11.6 Å². The molecule has 1 rings (SSSR count). The second-order valence-electron chi connectivity index (χ2n) is 2.99. The summed E-state index contributed by atoms with van der Waals surface area (Å²) in [6.07, 6.45) is 3.73. The summed E-state index contributed by atoms with van der Waals surface area (Å²) in [5, 5.41) is 0.461. The van der Waals surface area contributed by atoms with Crippen LogP contribution in [0.15, 0.2) is 0 Å². The number of quaternary nitrogens is 1. The lowest BCUT2D eigenvalue weighted by Crippen LogP contribution is -3.08. The molecule has 1 unspecified atom stereocenters. The molecule has 0 spiro atoms. The van der Waals surface area contributed by atoms with Crippen LogP contribution < -0.4 is 4.90 Å². The SMILES string of the molecule is C[NH+]1CCC[C@H](Cl)CC1. The highest BCUT2D eigenvalue weighted by atomic mass is 35.5. The summed E-state index contributed by atoms with van der Waals surface area (Å²) < 4.78 is 0. The van der Waals surface area contributed by atoms with Gasteiger partial charge in [0.05, 0.1) is 20.1 Å². The zero-order valence-corrected chi connectivity index (χ0v) is 6.75. The third kappa shape index (κ3) is 2.55. The molecule has 0 bridgehead atoms. The van der Waals surface area contributed by atoms with Gasteiger partial charge in [-0.3, -0.25) is 0 Å². The second-order valence-corrected chi connectivity index (χ2v) is 3.60. The molecule has 1 N–H and O–H groups in total. The van der Waals surface area contributed by atoms with E-state index in [0.717, 1.165) is 0 Å². The van der Waals surface area contributed by atoms with E-state index >= 15 is 0 Å². The maximum atomic E-state index is 5.97. The molecule has 1 nitrogen and oxygen atoms in total. The Labute approximate surface area is 62.0 Å². The normalized spacial score (nSPS) is 38.0. The van der Waals surface area contributed by atoms with Crippen molar-refractivity contribution in [1.82, 2.24) is 0 Å². The van der Waals surface area contributed by atoms with Gasteiger partial charge in [0.2, 0.25) is 0 Å². The lowest BCUT2D eigenvalue weighted by Gasteiger charge is -2.08. The Morgan fingerprint density at radius 1 is 1.33 bits per heavy atom. The van der Waals surface area contributed by atoms with Crippen LogP contribution in [0.25, 0.3) is 0 Å². The van der Waals surface area contributed by atoms with Gasteiger partial charge in [-0.2, -0.15) is 0 Å². The van der Waals surface area contributed by atoms with Crippen molar-refractivity contribution in [2.24, 2.45) is 0 Å². The summed E-state index contributed by atoms with van der Waals surface area (Å²) in [6.45, 7) is 2.57. The molecule has 0 aromatic heterocycles. The molecule has 1 saturated heterocycles. The van der Waals surface area contributed by atoms with E-state index in [9.17, 15) is 0 Å². The second kappa shape index (κ2) is 3.43. The molecule has 0 amide bonds. The zero-order valence-electron chi connectivity index (χ0n) is 5.99. The first-order valence-corrected chi connectivity index (χ1v) is 4.18. The smallest absolute Gasteiger partial charge is 0.0783 e. The lowest BCUT2D eigenvalue weighted by molar-refractivity contribution is -0.878. The van der Waals surface area contributed by atoms with Crippen LogP contribution in [-0.2, 0) is 0 Å². The van der Waals surface area contributed by atoms with Crippen molar-refractivity contribution in [1.29, 1.82) is 0 Å². The molecule has 1 aliphatic rings. The quantitative estimate of drug-likeness (QED) is 0.472. The average Bonchev–Trinajstić information content (AvgIpc) is 1.97. The number of halogens is 1. The summed E-state index contributed by atoms with van der Waals surface area (Å²) in [5.41, 5.74) is 0. The molecule has 0 aromatic carbocycles. The van der Waals surface area contributed by atoms with Gasteiger partial charge in [-0.15, -0.1) is 11.6 Å². The number of alkyl halides is 1. The van der Waals surface area contributed by atoms with Gasteiger partial charge < -0.3 is 4.90 Å². The average molecular weight is 149 g/mol. The molecule has 0 radical (unpaired) electrons. The van der Waals surface area contributed by atoms with E-state index in [4.69, 9.17) is 11.6 Å². The van der Waals surface area contributed by atoms with Crippen LogP contribution in [0.5, 0.6) is 0 Å². The third-order valence-corrected chi connectivity index (χ3v) is 2.44. The fraction of sp³-hybridized carbons (Fsp3) is 1.00. The van der Waals surface area contributed by atoms with Crippen LogP contribution in [0.4, 0.5) is 0 Å². The van der Waals surface area contributed by atoms with Gasteiger partial charge in [0.1, 0.15) is 0 Å². The monoisotopic (exact) mass is 148 g/mol. The van der Waals surface area contributed by atoms with E-state index in [-0.39, 0.29) is 0 Å². The molecular weight excluding hydrogens is 134 g/mol. The van der Waals surface area contributed by atoms with Crippen LogP contribution in [0, 0.1) is 0 Å². The van der Waals surface area contributed by atoms with Crippen molar-refractivity contribution in [3.05, 3.63) is 0 Å². The molecule has 1 heterocycles. The summed E-state index contributed by atoms with van der Waals surface area (Å²) in [7, 11) is 2.24. The van der Waals surface area contributed by atoms with E-state index < -0.39 is 0 Å².